The Kier molecular flexibility index (Phi) is 8.31. The maximum absolute atomic E-state index is 11.9. The Morgan fingerprint density at radius 3 is 2.49 bits per heavy atom. The lowest BCUT2D eigenvalue weighted by Gasteiger charge is -2.29. The monoisotopic (exact) mass is 553 g/mol. The number of aromatic nitrogens is 5. The highest BCUT2D eigenvalue weighted by Gasteiger charge is 2.30. The average Bonchev–Trinajstić information content (AvgIpc) is 3.34. The second kappa shape index (κ2) is 12.0. The quantitative estimate of drug-likeness (QED) is 0.251. The molecule has 0 saturated carbocycles. The first kappa shape index (κ1) is 26.9. The van der Waals surface area contributed by atoms with Gasteiger partial charge < -0.3 is 19.5 Å². The zero-order valence-corrected chi connectivity index (χ0v) is 22.8. The molecule has 4 aromatic rings. The van der Waals surface area contributed by atoms with Crippen molar-refractivity contribution in [3.63, 3.8) is 0 Å². The summed E-state index contributed by atoms with van der Waals surface area (Å²) in [6, 6.07) is 10.4. The van der Waals surface area contributed by atoms with Crippen LogP contribution < -0.4 is 24.2 Å². The molecule has 0 amide bonds. The molecule has 39 heavy (non-hydrogen) atoms. The summed E-state index contributed by atoms with van der Waals surface area (Å²) in [5, 5.41) is 3.33. The standard InChI is InChI=1S/C26H31N7O5S/c1-4-38-21-10-5-7-17(29-21)25-31-24-26(33(25)23-19(36-2)8-6-9-20(23)37-3)30-18(15-28-24)22(32-39(34)35)16-11-13-27-14-12-16/h5-10,15-16,22,27,32H,4,11-14H2,1-3H3,(H,34,35). The lowest BCUT2D eigenvalue weighted by atomic mass is 9.89. The van der Waals surface area contributed by atoms with Crippen molar-refractivity contribution in [3.8, 4) is 34.6 Å². The van der Waals surface area contributed by atoms with E-state index >= 15 is 0 Å². The van der Waals surface area contributed by atoms with Crippen molar-refractivity contribution in [2.75, 3.05) is 33.9 Å². The number of nitrogens with zero attached hydrogens (tertiary/aromatic N) is 5. The normalized spacial score (nSPS) is 15.7. The third kappa shape index (κ3) is 5.57. The molecule has 3 aromatic heterocycles. The number of para-hydroxylation sites is 1. The van der Waals surface area contributed by atoms with Crippen LogP contribution in [0.15, 0.2) is 42.6 Å². The molecule has 1 fully saturated rings. The first-order chi connectivity index (χ1) is 19.0. The Hall–Kier alpha value is -3.65. The van der Waals surface area contributed by atoms with E-state index in [2.05, 4.69) is 20.0 Å². The largest absolute Gasteiger partial charge is 0.494 e. The Morgan fingerprint density at radius 1 is 1.10 bits per heavy atom. The highest BCUT2D eigenvalue weighted by atomic mass is 32.2. The number of methoxy groups -OCH3 is 2. The van der Waals surface area contributed by atoms with Gasteiger partial charge >= 0.3 is 0 Å². The summed E-state index contributed by atoms with van der Waals surface area (Å²) in [5.41, 5.74) is 2.46. The van der Waals surface area contributed by atoms with E-state index < -0.39 is 17.3 Å². The molecule has 0 spiro atoms. The number of nitrogens with one attached hydrogen (secondary N) is 2. The summed E-state index contributed by atoms with van der Waals surface area (Å²) >= 11 is -2.24. The van der Waals surface area contributed by atoms with Crippen LogP contribution in [0.25, 0.3) is 28.5 Å². The maximum Gasteiger partial charge on any atom is 0.232 e. The predicted molar refractivity (Wildman–Crippen MR) is 146 cm³/mol. The fourth-order valence-corrected chi connectivity index (χ4v) is 5.43. The van der Waals surface area contributed by atoms with Gasteiger partial charge in [0, 0.05) is 6.07 Å². The summed E-state index contributed by atoms with van der Waals surface area (Å²) in [6.45, 7) is 4.00. The summed E-state index contributed by atoms with van der Waals surface area (Å²) in [7, 11) is 3.16. The molecule has 4 heterocycles. The number of benzene rings is 1. The van der Waals surface area contributed by atoms with Crippen molar-refractivity contribution >= 4 is 22.6 Å². The third-order valence-electron chi connectivity index (χ3n) is 6.66. The third-order valence-corrected chi connectivity index (χ3v) is 7.12. The van der Waals surface area contributed by atoms with Crippen LogP contribution >= 0.6 is 0 Å². The van der Waals surface area contributed by atoms with Crippen molar-refractivity contribution in [2.45, 2.75) is 25.8 Å². The summed E-state index contributed by atoms with van der Waals surface area (Å²) < 4.78 is 43.3. The Bertz CT molecular complexity index is 1450. The van der Waals surface area contributed by atoms with Gasteiger partial charge in [-0.15, -0.1) is 0 Å². The smallest absolute Gasteiger partial charge is 0.232 e. The van der Waals surface area contributed by atoms with E-state index in [1.165, 1.54) is 0 Å². The van der Waals surface area contributed by atoms with Crippen molar-refractivity contribution in [1.82, 2.24) is 34.5 Å². The van der Waals surface area contributed by atoms with Gasteiger partial charge in [0.2, 0.25) is 17.1 Å². The molecular weight excluding hydrogens is 522 g/mol. The molecule has 1 saturated heterocycles. The van der Waals surface area contributed by atoms with Gasteiger partial charge in [-0.2, -0.15) is 0 Å². The first-order valence-corrected chi connectivity index (χ1v) is 13.8. The van der Waals surface area contributed by atoms with E-state index in [1.54, 1.807) is 31.0 Å². The fraction of sp³-hybridized carbons (Fsp3) is 0.385. The number of hydrogen-bond donors (Lipinski definition) is 3. The molecular formula is C26H31N7O5S. The van der Waals surface area contributed by atoms with Crippen LogP contribution in [0.4, 0.5) is 0 Å². The van der Waals surface area contributed by atoms with Gasteiger partial charge in [-0.3, -0.25) is 9.12 Å². The lowest BCUT2D eigenvalue weighted by molar-refractivity contribution is 0.301. The highest BCUT2D eigenvalue weighted by molar-refractivity contribution is 7.77. The van der Waals surface area contributed by atoms with Crippen LogP contribution in [0.3, 0.4) is 0 Å². The first-order valence-electron chi connectivity index (χ1n) is 12.7. The SMILES string of the molecule is CCOc1cccc(-c2nc3ncc(C(NS(=O)O)C4CCNCC4)nc3n2-c2c(OC)cccc2OC)n1. The van der Waals surface area contributed by atoms with Crippen molar-refractivity contribution < 1.29 is 23.0 Å². The van der Waals surface area contributed by atoms with Gasteiger partial charge in [0.05, 0.1) is 38.8 Å². The molecule has 2 atom stereocenters. The molecule has 1 aromatic carbocycles. The minimum absolute atomic E-state index is 0.0929. The van der Waals surface area contributed by atoms with Crippen LogP contribution in [-0.4, -0.2) is 67.2 Å². The lowest BCUT2D eigenvalue weighted by Crippen LogP contribution is -2.37. The maximum atomic E-state index is 11.9. The van der Waals surface area contributed by atoms with E-state index in [-0.39, 0.29) is 5.92 Å². The van der Waals surface area contributed by atoms with Crippen molar-refractivity contribution in [1.29, 1.82) is 0 Å². The number of pyridine rings is 1. The van der Waals surface area contributed by atoms with Gasteiger partial charge in [0.25, 0.3) is 0 Å². The molecule has 1 aliphatic heterocycles. The molecule has 0 bridgehead atoms. The number of fused-ring (bicyclic) bond motifs is 1. The van der Waals surface area contributed by atoms with E-state index in [0.29, 0.717) is 58.2 Å². The van der Waals surface area contributed by atoms with Gasteiger partial charge in [0.1, 0.15) is 22.9 Å². The van der Waals surface area contributed by atoms with Crippen LogP contribution in [-0.2, 0) is 11.3 Å². The van der Waals surface area contributed by atoms with Crippen LogP contribution in [0, 0.1) is 5.92 Å². The zero-order valence-electron chi connectivity index (χ0n) is 22.0. The summed E-state index contributed by atoms with van der Waals surface area (Å²) in [6.07, 6.45) is 3.26. The fourth-order valence-electron chi connectivity index (χ4n) is 4.90. The molecule has 5 rings (SSSR count). The molecule has 12 nitrogen and oxygen atoms in total. The van der Waals surface area contributed by atoms with Crippen LogP contribution in [0.1, 0.15) is 31.5 Å². The molecule has 206 valence electrons. The van der Waals surface area contributed by atoms with E-state index in [4.69, 9.17) is 24.2 Å². The Morgan fingerprint density at radius 2 is 1.82 bits per heavy atom. The minimum atomic E-state index is -2.24. The van der Waals surface area contributed by atoms with Gasteiger partial charge in [0.15, 0.2) is 17.1 Å². The van der Waals surface area contributed by atoms with Crippen molar-refractivity contribution in [2.24, 2.45) is 5.92 Å². The molecule has 13 heteroatoms. The molecule has 2 unspecified atom stereocenters. The van der Waals surface area contributed by atoms with Gasteiger partial charge in [-0.1, -0.05) is 12.1 Å². The Labute approximate surface area is 228 Å². The van der Waals surface area contributed by atoms with Crippen molar-refractivity contribution in [3.05, 3.63) is 48.3 Å². The molecule has 1 aliphatic rings. The number of piperidine rings is 1. The summed E-state index contributed by atoms with van der Waals surface area (Å²) in [4.78, 5) is 19.1. The number of ether oxygens (including phenoxy) is 3. The molecule has 0 aliphatic carbocycles. The van der Waals surface area contributed by atoms with E-state index in [0.717, 1.165) is 25.9 Å². The van der Waals surface area contributed by atoms with Gasteiger partial charge in [-0.25, -0.2) is 28.9 Å². The number of imidazole rings is 1. The summed E-state index contributed by atoms with van der Waals surface area (Å²) in [5.74, 6) is 2.09. The second-order valence-electron chi connectivity index (χ2n) is 8.95. The topological polar surface area (TPSA) is 146 Å². The molecule has 0 radical (unpaired) electrons. The predicted octanol–water partition coefficient (Wildman–Crippen LogP) is 3.06. The van der Waals surface area contributed by atoms with E-state index in [1.807, 2.05) is 37.3 Å². The van der Waals surface area contributed by atoms with Crippen LogP contribution in [0.5, 0.6) is 17.4 Å². The average molecular weight is 554 g/mol. The van der Waals surface area contributed by atoms with E-state index in [9.17, 15) is 8.76 Å². The van der Waals surface area contributed by atoms with Gasteiger partial charge in [-0.05, 0) is 57.0 Å². The number of hydrogen-bond acceptors (Lipinski definition) is 9. The minimum Gasteiger partial charge on any atom is -0.494 e. The zero-order chi connectivity index (χ0) is 27.4. The van der Waals surface area contributed by atoms with Crippen LogP contribution in [0.2, 0.25) is 0 Å². The number of rotatable bonds is 10. The Balaban J connectivity index is 1.76. The second-order valence-corrected chi connectivity index (χ2v) is 9.68. The highest BCUT2D eigenvalue weighted by Crippen LogP contribution is 2.38. The molecule has 3 N–H and O–H groups in total.